The number of likely N-dealkylation sites (N-methyl/N-ethyl adjacent to an activating group) is 1. The highest BCUT2D eigenvalue weighted by Crippen LogP contribution is 2.08. The van der Waals surface area contributed by atoms with Gasteiger partial charge in [0, 0.05) is 32.5 Å². The van der Waals surface area contributed by atoms with Crippen molar-refractivity contribution in [2.75, 3.05) is 25.0 Å². The maximum atomic E-state index is 12.0. The fraction of sp³-hybridized carbons (Fsp3) is 0.444. The van der Waals surface area contributed by atoms with Gasteiger partial charge in [-0.15, -0.1) is 0 Å². The number of carbonyl (C=O) groups excluding carboxylic acids is 1. The molecule has 2 heterocycles. The molecule has 2 aromatic heterocycles. The number of nitrogens with one attached hydrogen (secondary N) is 1. The molecule has 0 unspecified atom stereocenters. The van der Waals surface area contributed by atoms with Gasteiger partial charge in [0.05, 0.1) is 12.4 Å². The molecule has 0 aliphatic carbocycles. The number of anilines is 1. The van der Waals surface area contributed by atoms with Crippen molar-refractivity contribution >= 4 is 11.7 Å². The van der Waals surface area contributed by atoms with Crippen LogP contribution in [0, 0.1) is 0 Å². The van der Waals surface area contributed by atoms with Crippen LogP contribution >= 0.6 is 0 Å². The lowest BCUT2D eigenvalue weighted by atomic mass is 10.2. The summed E-state index contributed by atoms with van der Waals surface area (Å²) in [7, 11) is 1.97. The van der Waals surface area contributed by atoms with E-state index in [-0.39, 0.29) is 5.91 Å². The third-order valence-corrected chi connectivity index (χ3v) is 3.81. The van der Waals surface area contributed by atoms with E-state index in [1.807, 2.05) is 24.1 Å². The van der Waals surface area contributed by atoms with Crippen molar-refractivity contribution in [3.8, 4) is 0 Å². The van der Waals surface area contributed by atoms with Crippen LogP contribution < -0.4 is 10.2 Å². The van der Waals surface area contributed by atoms with Crippen LogP contribution in [0.5, 0.6) is 0 Å². The van der Waals surface area contributed by atoms with E-state index < -0.39 is 0 Å². The molecule has 2 rings (SSSR count). The van der Waals surface area contributed by atoms with E-state index in [0.29, 0.717) is 12.2 Å². The van der Waals surface area contributed by atoms with Gasteiger partial charge in [-0.2, -0.15) is 0 Å². The van der Waals surface area contributed by atoms with Crippen molar-refractivity contribution in [1.29, 1.82) is 0 Å². The molecule has 1 N–H and O–H groups in total. The number of nitrogens with zero attached hydrogens (tertiary/aromatic N) is 4. The van der Waals surface area contributed by atoms with E-state index in [4.69, 9.17) is 0 Å². The van der Waals surface area contributed by atoms with Crippen molar-refractivity contribution < 1.29 is 4.79 Å². The zero-order valence-electron chi connectivity index (χ0n) is 14.4. The monoisotopic (exact) mass is 327 g/mol. The smallest absolute Gasteiger partial charge is 0.271 e. The molecule has 0 atom stereocenters. The van der Waals surface area contributed by atoms with Gasteiger partial charge in [-0.05, 0) is 30.5 Å². The van der Waals surface area contributed by atoms with Crippen LogP contribution in [0.4, 0.5) is 5.82 Å². The molecule has 6 nitrogen and oxygen atoms in total. The van der Waals surface area contributed by atoms with Gasteiger partial charge in [-0.1, -0.05) is 19.8 Å². The number of pyridine rings is 1. The molecule has 1 amide bonds. The van der Waals surface area contributed by atoms with Crippen molar-refractivity contribution in [1.82, 2.24) is 20.3 Å². The highest BCUT2D eigenvalue weighted by molar-refractivity contribution is 5.91. The largest absolute Gasteiger partial charge is 0.358 e. The zero-order valence-corrected chi connectivity index (χ0v) is 14.4. The lowest BCUT2D eigenvalue weighted by Crippen LogP contribution is -2.26. The van der Waals surface area contributed by atoms with Gasteiger partial charge in [-0.25, -0.2) is 9.97 Å². The topological polar surface area (TPSA) is 71.0 Å². The summed E-state index contributed by atoms with van der Waals surface area (Å²) >= 11 is 0. The normalized spacial score (nSPS) is 10.4. The minimum atomic E-state index is -0.162. The molecular formula is C18H25N5O. The summed E-state index contributed by atoms with van der Waals surface area (Å²) in [4.78, 5) is 26.6. The molecule has 128 valence electrons. The van der Waals surface area contributed by atoms with Crippen molar-refractivity contribution in [2.45, 2.75) is 32.6 Å². The molecule has 0 saturated carbocycles. The van der Waals surface area contributed by atoms with Gasteiger partial charge < -0.3 is 10.2 Å². The third kappa shape index (κ3) is 5.61. The first-order valence-electron chi connectivity index (χ1n) is 8.41. The second-order valence-electron chi connectivity index (χ2n) is 5.75. The van der Waals surface area contributed by atoms with Crippen LogP contribution in [0.1, 0.15) is 42.2 Å². The Bertz CT molecular complexity index is 615. The first-order valence-corrected chi connectivity index (χ1v) is 8.41. The Hall–Kier alpha value is -2.50. The number of unbranched alkanes of at least 4 members (excludes halogenated alkanes) is 2. The SMILES string of the molecule is CCCCCNC(=O)c1cnc(N(C)CCc2ccncc2)cn1. The molecule has 0 radical (unpaired) electrons. The molecule has 6 heteroatoms. The maximum Gasteiger partial charge on any atom is 0.271 e. The fourth-order valence-electron chi connectivity index (χ4n) is 2.26. The summed E-state index contributed by atoms with van der Waals surface area (Å²) in [5.74, 6) is 0.594. The first kappa shape index (κ1) is 17.8. The quantitative estimate of drug-likeness (QED) is 0.716. The summed E-state index contributed by atoms with van der Waals surface area (Å²) in [6.45, 7) is 3.64. The number of aromatic nitrogens is 3. The molecule has 0 spiro atoms. The molecule has 24 heavy (non-hydrogen) atoms. The number of carbonyl (C=O) groups is 1. The van der Waals surface area contributed by atoms with E-state index in [1.54, 1.807) is 18.6 Å². The molecule has 0 aliphatic heterocycles. The Morgan fingerprint density at radius 1 is 1.17 bits per heavy atom. The minimum absolute atomic E-state index is 0.162. The Kier molecular flexibility index (Phi) is 7.14. The molecule has 0 aromatic carbocycles. The molecule has 0 bridgehead atoms. The lowest BCUT2D eigenvalue weighted by molar-refractivity contribution is 0.0947. The van der Waals surface area contributed by atoms with Gasteiger partial charge in [0.25, 0.3) is 5.91 Å². The van der Waals surface area contributed by atoms with Gasteiger partial charge in [0.1, 0.15) is 11.5 Å². The second-order valence-corrected chi connectivity index (χ2v) is 5.75. The second kappa shape index (κ2) is 9.60. The van der Waals surface area contributed by atoms with Crippen LogP contribution in [-0.4, -0.2) is 41.0 Å². The van der Waals surface area contributed by atoms with Gasteiger partial charge in [0.15, 0.2) is 0 Å². The fourth-order valence-corrected chi connectivity index (χ4v) is 2.26. The average Bonchev–Trinajstić information content (AvgIpc) is 2.64. The Morgan fingerprint density at radius 2 is 1.96 bits per heavy atom. The highest BCUT2D eigenvalue weighted by Gasteiger charge is 2.09. The standard InChI is InChI=1S/C18H25N5O/c1-3-4-5-9-20-18(24)16-13-22-17(14-21-16)23(2)12-8-15-6-10-19-11-7-15/h6-7,10-11,13-14H,3-5,8-9,12H2,1-2H3,(H,20,24). The number of hydrogen-bond acceptors (Lipinski definition) is 5. The molecule has 0 fully saturated rings. The first-order chi connectivity index (χ1) is 11.7. The van der Waals surface area contributed by atoms with Gasteiger partial charge in [-0.3, -0.25) is 9.78 Å². The van der Waals surface area contributed by atoms with Crippen molar-refractivity contribution in [2.24, 2.45) is 0 Å². The summed E-state index contributed by atoms with van der Waals surface area (Å²) < 4.78 is 0. The molecule has 0 saturated heterocycles. The van der Waals surface area contributed by atoms with Crippen LogP contribution in [0.3, 0.4) is 0 Å². The molecular weight excluding hydrogens is 302 g/mol. The van der Waals surface area contributed by atoms with Crippen LogP contribution in [0.25, 0.3) is 0 Å². The highest BCUT2D eigenvalue weighted by atomic mass is 16.1. The number of amides is 1. The van der Waals surface area contributed by atoms with Crippen LogP contribution in [0.2, 0.25) is 0 Å². The predicted molar refractivity (Wildman–Crippen MR) is 95.1 cm³/mol. The van der Waals surface area contributed by atoms with E-state index in [2.05, 4.69) is 27.2 Å². The summed E-state index contributed by atoms with van der Waals surface area (Å²) in [6, 6.07) is 4.01. The molecule has 2 aromatic rings. The van der Waals surface area contributed by atoms with Crippen molar-refractivity contribution in [3.63, 3.8) is 0 Å². The van der Waals surface area contributed by atoms with Gasteiger partial charge >= 0.3 is 0 Å². The Morgan fingerprint density at radius 3 is 2.62 bits per heavy atom. The van der Waals surface area contributed by atoms with Crippen LogP contribution in [-0.2, 0) is 6.42 Å². The number of rotatable bonds is 9. The average molecular weight is 327 g/mol. The van der Waals surface area contributed by atoms with E-state index in [9.17, 15) is 4.79 Å². The van der Waals surface area contributed by atoms with Gasteiger partial charge in [0.2, 0.25) is 0 Å². The summed E-state index contributed by atoms with van der Waals surface area (Å²) in [5.41, 5.74) is 1.59. The Labute approximate surface area is 143 Å². The minimum Gasteiger partial charge on any atom is -0.358 e. The Balaban J connectivity index is 1.83. The molecule has 0 aliphatic rings. The lowest BCUT2D eigenvalue weighted by Gasteiger charge is -2.17. The third-order valence-electron chi connectivity index (χ3n) is 3.81. The van der Waals surface area contributed by atoms with Crippen molar-refractivity contribution in [3.05, 3.63) is 48.2 Å². The number of hydrogen-bond donors (Lipinski definition) is 1. The zero-order chi connectivity index (χ0) is 17.2. The summed E-state index contributed by atoms with van der Waals surface area (Å²) in [6.07, 6.45) is 10.9. The summed E-state index contributed by atoms with van der Waals surface area (Å²) in [5, 5.41) is 2.87. The van der Waals surface area contributed by atoms with E-state index >= 15 is 0 Å². The maximum absolute atomic E-state index is 12.0. The van der Waals surface area contributed by atoms with E-state index in [1.165, 1.54) is 11.8 Å². The predicted octanol–water partition coefficient (Wildman–Crippen LogP) is 2.47. The van der Waals surface area contributed by atoms with E-state index in [0.717, 1.165) is 38.0 Å². The van der Waals surface area contributed by atoms with Crippen LogP contribution in [0.15, 0.2) is 36.9 Å².